The van der Waals surface area contributed by atoms with Gasteiger partial charge >= 0.3 is 18.2 Å². The number of carbonyl (C=O) groups is 3. The minimum atomic E-state index is -0.918. The highest BCUT2D eigenvalue weighted by Gasteiger charge is 2.60. The van der Waals surface area contributed by atoms with E-state index in [1.807, 2.05) is 0 Å². The molecule has 2 aliphatic heterocycles. The molecule has 2 heterocycles. The van der Waals surface area contributed by atoms with Crippen LogP contribution in [-0.4, -0.2) is 73.1 Å². The van der Waals surface area contributed by atoms with Gasteiger partial charge in [-0.3, -0.25) is 15.0 Å². The summed E-state index contributed by atoms with van der Waals surface area (Å²) in [6.45, 7) is 8.26. The zero-order valence-corrected chi connectivity index (χ0v) is 15.6. The van der Waals surface area contributed by atoms with Crippen LogP contribution in [0.4, 0.5) is 9.59 Å². The van der Waals surface area contributed by atoms with Crippen LogP contribution in [0.1, 0.15) is 34.6 Å². The Balaban J connectivity index is 2.31. The van der Waals surface area contributed by atoms with Crippen molar-refractivity contribution in [2.24, 2.45) is 0 Å². The number of likely N-dealkylation sites (tertiary alicyclic amines) is 1. The highest BCUT2D eigenvalue weighted by Crippen LogP contribution is 2.40. The maximum atomic E-state index is 12.5. The Morgan fingerprint density at radius 2 is 1.65 bits per heavy atom. The van der Waals surface area contributed by atoms with Crippen LogP contribution in [0.15, 0.2) is 0 Å². The van der Waals surface area contributed by atoms with Crippen LogP contribution in [0.25, 0.3) is 0 Å². The van der Waals surface area contributed by atoms with Gasteiger partial charge in [-0.15, -0.1) is 0 Å². The van der Waals surface area contributed by atoms with Crippen molar-refractivity contribution < 1.29 is 38.1 Å². The molecule has 148 valence electrons. The molecule has 0 radical (unpaired) electrons. The highest BCUT2D eigenvalue weighted by atomic mass is 16.8. The number of hydrogen-bond donors (Lipinski definition) is 1. The first kappa shape index (κ1) is 20.2. The van der Waals surface area contributed by atoms with Crippen LogP contribution >= 0.6 is 0 Å². The van der Waals surface area contributed by atoms with Gasteiger partial charge in [0.2, 0.25) is 0 Å². The molecule has 4 atom stereocenters. The summed E-state index contributed by atoms with van der Waals surface area (Å²) < 4.78 is 26.9. The predicted molar refractivity (Wildman–Crippen MR) is 87.1 cm³/mol. The smallest absolute Gasteiger partial charge is 0.411 e. The van der Waals surface area contributed by atoms with Crippen LogP contribution in [0.2, 0.25) is 0 Å². The molecule has 0 saturated carbocycles. The molecule has 0 spiro atoms. The monoisotopic (exact) mass is 374 g/mol. The second-order valence-electron chi connectivity index (χ2n) is 6.35. The third-order valence-electron chi connectivity index (χ3n) is 3.99. The molecular weight excluding hydrogens is 348 g/mol. The van der Waals surface area contributed by atoms with Gasteiger partial charge in [-0.2, -0.15) is 0 Å². The van der Waals surface area contributed by atoms with Gasteiger partial charge in [0.05, 0.1) is 13.2 Å². The molecular formula is C16H26N2O8. The molecule has 10 heteroatoms. The molecule has 0 aliphatic carbocycles. The van der Waals surface area contributed by atoms with E-state index in [0.29, 0.717) is 0 Å². The van der Waals surface area contributed by atoms with E-state index in [9.17, 15) is 14.4 Å². The summed E-state index contributed by atoms with van der Waals surface area (Å²) in [4.78, 5) is 37.0. The van der Waals surface area contributed by atoms with E-state index in [1.165, 1.54) is 11.8 Å². The fourth-order valence-corrected chi connectivity index (χ4v) is 3.15. The van der Waals surface area contributed by atoms with Crippen molar-refractivity contribution in [3.05, 3.63) is 0 Å². The summed E-state index contributed by atoms with van der Waals surface area (Å²) in [5.41, 5.74) is 0. The number of hydrogen-bond acceptors (Lipinski definition) is 8. The number of alkyl carbamates (subject to hydrolysis) is 1. The Hall–Kier alpha value is -2.07. The number of esters is 1. The predicted octanol–water partition coefficient (Wildman–Crippen LogP) is 0.982. The number of amides is 2. The number of nitrogens with one attached hydrogen (secondary N) is 1. The van der Waals surface area contributed by atoms with Crippen LogP contribution in [0, 0.1) is 0 Å². The first-order valence-electron chi connectivity index (χ1n) is 8.57. The van der Waals surface area contributed by atoms with Crippen molar-refractivity contribution >= 4 is 18.2 Å². The van der Waals surface area contributed by atoms with Gasteiger partial charge < -0.3 is 23.7 Å². The first-order valence-corrected chi connectivity index (χ1v) is 8.57. The molecule has 1 N–H and O–H groups in total. The molecule has 2 aliphatic rings. The van der Waals surface area contributed by atoms with Crippen LogP contribution < -0.4 is 5.32 Å². The Morgan fingerprint density at radius 3 is 2.23 bits per heavy atom. The van der Waals surface area contributed by atoms with Crippen molar-refractivity contribution in [2.75, 3.05) is 19.8 Å². The molecule has 0 unspecified atom stereocenters. The summed E-state index contributed by atoms with van der Waals surface area (Å²) in [6, 6.07) is -0.684. The van der Waals surface area contributed by atoms with Crippen LogP contribution in [-0.2, 0) is 28.5 Å². The summed E-state index contributed by atoms with van der Waals surface area (Å²) in [5, 5.41) is 2.61. The first-order chi connectivity index (χ1) is 12.2. The van der Waals surface area contributed by atoms with Crippen molar-refractivity contribution in [3.8, 4) is 0 Å². The molecule has 2 amide bonds. The SMILES string of the molecule is CCOC(=O)N[C@@H]1[C@H]2OC(C)(C)O[C@H]2[C@@H](COC(C)=O)N1C(=O)OCC. The number of fused-ring (bicyclic) bond motifs is 1. The average molecular weight is 374 g/mol. The lowest BCUT2D eigenvalue weighted by molar-refractivity contribution is -0.171. The molecule has 26 heavy (non-hydrogen) atoms. The van der Waals surface area contributed by atoms with E-state index in [0.717, 1.165) is 0 Å². The highest BCUT2D eigenvalue weighted by molar-refractivity contribution is 5.72. The molecule has 2 rings (SSSR count). The van der Waals surface area contributed by atoms with Crippen molar-refractivity contribution in [1.82, 2.24) is 10.2 Å². The molecule has 0 aromatic carbocycles. The Morgan fingerprint density at radius 1 is 1.04 bits per heavy atom. The van der Waals surface area contributed by atoms with Gasteiger partial charge in [-0.1, -0.05) is 0 Å². The van der Waals surface area contributed by atoms with E-state index >= 15 is 0 Å². The lowest BCUT2D eigenvalue weighted by Crippen LogP contribution is -2.55. The minimum absolute atomic E-state index is 0.115. The summed E-state index contributed by atoms with van der Waals surface area (Å²) in [7, 11) is 0. The zero-order chi connectivity index (χ0) is 19.5. The third kappa shape index (κ3) is 4.36. The van der Waals surface area contributed by atoms with E-state index in [1.54, 1.807) is 27.7 Å². The van der Waals surface area contributed by atoms with Crippen LogP contribution in [0.5, 0.6) is 0 Å². The Kier molecular flexibility index (Phi) is 6.30. The number of carbonyl (C=O) groups excluding carboxylic acids is 3. The summed E-state index contributed by atoms with van der Waals surface area (Å²) in [6.07, 6.45) is -3.54. The number of rotatable bonds is 5. The third-order valence-corrected chi connectivity index (χ3v) is 3.99. The molecule has 2 fully saturated rings. The van der Waals surface area contributed by atoms with Gasteiger partial charge in [-0.25, -0.2) is 9.59 Å². The number of ether oxygens (including phenoxy) is 5. The maximum Gasteiger partial charge on any atom is 0.411 e. The van der Waals surface area contributed by atoms with Crippen molar-refractivity contribution in [3.63, 3.8) is 0 Å². The molecule has 0 aromatic rings. The maximum absolute atomic E-state index is 12.5. The molecule has 0 bridgehead atoms. The molecule has 2 saturated heterocycles. The second-order valence-corrected chi connectivity index (χ2v) is 6.35. The van der Waals surface area contributed by atoms with Gasteiger partial charge in [0, 0.05) is 6.92 Å². The largest absolute Gasteiger partial charge is 0.464 e. The van der Waals surface area contributed by atoms with Gasteiger partial charge in [0.15, 0.2) is 5.79 Å². The van der Waals surface area contributed by atoms with Crippen molar-refractivity contribution in [2.45, 2.75) is 64.8 Å². The quantitative estimate of drug-likeness (QED) is 0.560. The van der Waals surface area contributed by atoms with Gasteiger partial charge in [0.1, 0.15) is 31.0 Å². The average Bonchev–Trinajstić information content (AvgIpc) is 2.97. The second kappa shape index (κ2) is 8.09. The Labute approximate surface area is 152 Å². The zero-order valence-electron chi connectivity index (χ0n) is 15.6. The Bertz CT molecular complexity index is 552. The lowest BCUT2D eigenvalue weighted by Gasteiger charge is -2.33. The summed E-state index contributed by atoms with van der Waals surface area (Å²) >= 11 is 0. The fraction of sp³-hybridized carbons (Fsp3) is 0.812. The topological polar surface area (TPSA) is 113 Å². The molecule has 10 nitrogen and oxygen atoms in total. The van der Waals surface area contributed by atoms with Gasteiger partial charge in [0.25, 0.3) is 0 Å². The van der Waals surface area contributed by atoms with Crippen molar-refractivity contribution in [1.29, 1.82) is 0 Å². The normalized spacial score (nSPS) is 29.0. The molecule has 0 aromatic heterocycles. The summed E-state index contributed by atoms with van der Waals surface area (Å²) in [5.74, 6) is -1.41. The lowest BCUT2D eigenvalue weighted by atomic mass is 10.1. The van der Waals surface area contributed by atoms with E-state index < -0.39 is 48.4 Å². The van der Waals surface area contributed by atoms with E-state index in [2.05, 4.69) is 5.32 Å². The number of nitrogens with zero attached hydrogens (tertiary/aromatic N) is 1. The van der Waals surface area contributed by atoms with E-state index in [-0.39, 0.29) is 19.8 Å². The van der Waals surface area contributed by atoms with Gasteiger partial charge in [-0.05, 0) is 27.7 Å². The minimum Gasteiger partial charge on any atom is -0.464 e. The van der Waals surface area contributed by atoms with E-state index in [4.69, 9.17) is 23.7 Å². The fourth-order valence-electron chi connectivity index (χ4n) is 3.15. The standard InChI is InChI=1S/C16H26N2O8/c1-6-22-14(20)17-13-12-11(25-16(4,5)26-12)10(8-24-9(3)19)18(13)15(21)23-7-2/h10-13H,6-8H2,1-5H3,(H,17,20)/t10-,11+,12+,13+/m1/s1. The van der Waals surface area contributed by atoms with Crippen LogP contribution in [0.3, 0.4) is 0 Å².